The van der Waals surface area contributed by atoms with Gasteiger partial charge < -0.3 is 74.9 Å². The number of carboxylic acid groups (broad SMARTS) is 2. The molecule has 0 saturated carbocycles. The second-order valence-electron chi connectivity index (χ2n) is 17.5. The number of carboxylic acids is 2. The van der Waals surface area contributed by atoms with E-state index in [1.54, 1.807) is 44.2 Å². The van der Waals surface area contributed by atoms with Crippen molar-refractivity contribution in [2.75, 3.05) is 5.75 Å². The van der Waals surface area contributed by atoms with Gasteiger partial charge >= 0.3 is 11.9 Å². The van der Waals surface area contributed by atoms with Crippen LogP contribution in [0.1, 0.15) is 83.9 Å². The van der Waals surface area contributed by atoms with Crippen molar-refractivity contribution < 1.29 is 67.7 Å². The van der Waals surface area contributed by atoms with Crippen molar-refractivity contribution in [3.8, 4) is 0 Å². The number of thiol groups is 1. The molecule has 9 atom stereocenters. The number of nitrogens with zero attached hydrogens (tertiary/aromatic N) is 1. The van der Waals surface area contributed by atoms with Crippen LogP contribution in [-0.2, 0) is 70.4 Å². The summed E-state index contributed by atoms with van der Waals surface area (Å²) in [6, 6.07) is -4.07. The number of hydrogen-bond acceptors (Lipinski definition) is 15. The van der Waals surface area contributed by atoms with E-state index in [0.717, 1.165) is 5.56 Å². The van der Waals surface area contributed by atoms with E-state index in [1.165, 1.54) is 26.4 Å². The van der Waals surface area contributed by atoms with Crippen LogP contribution in [0.5, 0.6) is 0 Å². The molecule has 0 saturated heterocycles. The predicted molar refractivity (Wildman–Crippen MR) is 262 cm³/mol. The Bertz CT molecular complexity index is 2250. The van der Waals surface area contributed by atoms with Gasteiger partial charge in [0.15, 0.2) is 0 Å². The van der Waals surface area contributed by atoms with Gasteiger partial charge in [-0.15, -0.1) is 0 Å². The van der Waals surface area contributed by atoms with Crippen LogP contribution < -0.4 is 59.7 Å². The smallest absolute Gasteiger partial charge is 0.326 e. The fourth-order valence-electron chi connectivity index (χ4n) is 6.77. The Balaban J connectivity index is 2.25. The van der Waals surface area contributed by atoms with Gasteiger partial charge in [-0.3, -0.25) is 52.7 Å². The summed E-state index contributed by atoms with van der Waals surface area (Å²) in [5, 5.41) is 38.0. The first-order valence-electron chi connectivity index (χ1n) is 23.1. The number of primary amides is 2. The largest absolute Gasteiger partial charge is 0.481 e. The average molecular weight is 1050 g/mol. The fraction of sp³-hybridized carbons (Fsp3) is 0.533. The molecule has 0 aliphatic heterocycles. The van der Waals surface area contributed by atoms with Gasteiger partial charge in [0.25, 0.3) is 0 Å². The van der Waals surface area contributed by atoms with E-state index in [1.807, 2.05) is 0 Å². The molecule has 0 fully saturated rings. The minimum atomic E-state index is -1.65. The zero-order valence-corrected chi connectivity index (χ0v) is 41.7. The third-order valence-electron chi connectivity index (χ3n) is 10.8. The number of H-pyrrole nitrogens is 1. The highest BCUT2D eigenvalue weighted by atomic mass is 32.1. The molecule has 2 aromatic rings. The van der Waals surface area contributed by atoms with Gasteiger partial charge in [0, 0.05) is 43.3 Å². The van der Waals surface area contributed by atoms with Crippen molar-refractivity contribution in [3.05, 3.63) is 54.1 Å². The number of benzene rings is 1. The van der Waals surface area contributed by atoms with Crippen molar-refractivity contribution in [3.63, 3.8) is 0 Å². The number of nitrogens with one attached hydrogen (secondary N) is 9. The maximum Gasteiger partial charge on any atom is 0.326 e. The van der Waals surface area contributed by atoms with Gasteiger partial charge in [-0.05, 0) is 57.4 Å². The number of rotatable bonds is 33. The molecule has 0 unspecified atom stereocenters. The summed E-state index contributed by atoms with van der Waals surface area (Å²) in [6.45, 7) is 5.89. The van der Waals surface area contributed by atoms with Crippen molar-refractivity contribution >= 4 is 83.6 Å². The number of imidazole rings is 1. The number of carbonyl (C=O) groups excluding carboxylic acids is 10. The zero-order valence-electron chi connectivity index (χ0n) is 40.8. The van der Waals surface area contributed by atoms with E-state index in [9.17, 15) is 67.7 Å². The third-order valence-corrected chi connectivity index (χ3v) is 11.2. The molecule has 2 rings (SSSR count). The first-order valence-corrected chi connectivity index (χ1v) is 23.8. The highest BCUT2D eigenvalue weighted by molar-refractivity contribution is 7.80. The monoisotopic (exact) mass is 1050 g/mol. The molecule has 1 heterocycles. The lowest BCUT2D eigenvalue weighted by molar-refractivity contribution is -0.142. The van der Waals surface area contributed by atoms with Crippen LogP contribution in [0, 0.1) is 5.92 Å². The SMILES string of the molecule is CC(C)C[C@H](NC(=O)[C@H](CS)NC(=O)[C@H](C)NC(=O)[C@H](CCC(N)=O)NC(=O)[C@H](CCC(N)=O)NC(=O)[C@H](C)NC(=O)[C@H](CCC(=O)O)NC(=O)[C@H](Cc1cnc[nH]1)NC(=O)[C@@H](N)Cc1ccccc1)C(=O)O. The summed E-state index contributed by atoms with van der Waals surface area (Å²) in [5.74, 6) is -12.5. The first-order chi connectivity index (χ1) is 34.3. The molecule has 17 N–H and O–H groups in total. The Morgan fingerprint density at radius 3 is 1.42 bits per heavy atom. The molecular formula is C45H67N13O14S. The van der Waals surface area contributed by atoms with Crippen LogP contribution in [0.4, 0.5) is 0 Å². The molecule has 0 aliphatic rings. The minimum absolute atomic E-state index is 0.0892. The van der Waals surface area contributed by atoms with Gasteiger partial charge in [-0.2, -0.15) is 12.6 Å². The highest BCUT2D eigenvalue weighted by Crippen LogP contribution is 2.09. The van der Waals surface area contributed by atoms with Crippen molar-refractivity contribution in [2.24, 2.45) is 23.1 Å². The van der Waals surface area contributed by atoms with E-state index < -0.39 is 164 Å². The Hall–Kier alpha value is -7.62. The molecule has 1 aromatic heterocycles. The summed E-state index contributed by atoms with van der Waals surface area (Å²) in [6.07, 6.45) is -0.220. The van der Waals surface area contributed by atoms with Gasteiger partial charge in [-0.1, -0.05) is 44.2 Å². The van der Waals surface area contributed by atoms with Crippen LogP contribution in [-0.4, -0.2) is 151 Å². The third kappa shape index (κ3) is 23.0. The Labute approximate surface area is 425 Å². The standard InChI is InChI=1S/C45H67N13O14S/c1-22(2)16-32(45(71)72)57-44(70)33(20-73)58-38(64)24(4)52-40(66)28(10-13-34(47)59)54-42(68)29(11-14-35(48)60)53-37(63)23(3)51-41(67)30(12-15-36(61)62)55-43(69)31(18-26-19-49-21-50-26)56-39(65)27(46)17-25-8-6-5-7-9-25/h5-9,19,21-24,27-33,73H,10-18,20,46H2,1-4H3,(H2,47,59)(H2,48,60)(H,49,50)(H,51,67)(H,52,66)(H,53,63)(H,54,68)(H,55,69)(H,56,65)(H,57,70)(H,58,64)(H,61,62)(H,71,72)/t23-,24-,27-,28-,29-,30-,31-,32-,33-/m0/s1. The van der Waals surface area contributed by atoms with Gasteiger partial charge in [-0.25, -0.2) is 9.78 Å². The number of aliphatic carboxylic acids is 2. The van der Waals surface area contributed by atoms with Crippen LogP contribution in [0.15, 0.2) is 42.9 Å². The van der Waals surface area contributed by atoms with E-state index in [0.29, 0.717) is 5.69 Å². The molecule has 10 amide bonds. The number of amides is 10. The first kappa shape index (κ1) is 61.5. The van der Waals surface area contributed by atoms with Crippen LogP contribution in [0.2, 0.25) is 0 Å². The van der Waals surface area contributed by atoms with Gasteiger partial charge in [0.1, 0.15) is 48.3 Å². The fourth-order valence-corrected chi connectivity index (χ4v) is 7.03. The van der Waals surface area contributed by atoms with Crippen molar-refractivity contribution in [2.45, 2.75) is 140 Å². The number of carbonyl (C=O) groups is 12. The molecule has 1 aromatic carbocycles. The molecule has 27 nitrogen and oxygen atoms in total. The zero-order chi connectivity index (χ0) is 54.9. The Morgan fingerprint density at radius 2 is 0.986 bits per heavy atom. The van der Waals surface area contributed by atoms with E-state index >= 15 is 0 Å². The lowest BCUT2D eigenvalue weighted by Crippen LogP contribution is -2.60. The average Bonchev–Trinajstić information content (AvgIpc) is 3.84. The predicted octanol–water partition coefficient (Wildman–Crippen LogP) is -4.10. The molecule has 0 radical (unpaired) electrons. The molecule has 0 aliphatic carbocycles. The van der Waals surface area contributed by atoms with Crippen molar-refractivity contribution in [1.29, 1.82) is 0 Å². The number of nitrogens with two attached hydrogens (primary N) is 3. The summed E-state index contributed by atoms with van der Waals surface area (Å²) >= 11 is 4.08. The van der Waals surface area contributed by atoms with E-state index in [4.69, 9.17) is 17.2 Å². The van der Waals surface area contributed by atoms with Crippen LogP contribution in [0.3, 0.4) is 0 Å². The molecular weight excluding hydrogens is 979 g/mol. The quantitative estimate of drug-likeness (QED) is 0.0302. The van der Waals surface area contributed by atoms with Crippen molar-refractivity contribution in [1.82, 2.24) is 52.5 Å². The summed E-state index contributed by atoms with van der Waals surface area (Å²) in [5.41, 5.74) is 17.9. The highest BCUT2D eigenvalue weighted by Gasteiger charge is 2.34. The Morgan fingerprint density at radius 1 is 0.562 bits per heavy atom. The maximum atomic E-state index is 13.8. The van der Waals surface area contributed by atoms with E-state index in [-0.39, 0.29) is 30.9 Å². The number of aromatic nitrogens is 2. The molecule has 28 heteroatoms. The molecule has 0 bridgehead atoms. The van der Waals surface area contributed by atoms with Crippen LogP contribution >= 0.6 is 12.6 Å². The lowest BCUT2D eigenvalue weighted by atomic mass is 10.0. The summed E-state index contributed by atoms with van der Waals surface area (Å²) < 4.78 is 0. The Kier molecular flexibility index (Phi) is 26.1. The minimum Gasteiger partial charge on any atom is -0.481 e. The second kappa shape index (κ2) is 31.0. The second-order valence-corrected chi connectivity index (χ2v) is 17.9. The number of hydrogen-bond donors (Lipinski definition) is 15. The number of aromatic amines is 1. The molecule has 0 spiro atoms. The van der Waals surface area contributed by atoms with Crippen LogP contribution in [0.25, 0.3) is 0 Å². The molecule has 73 heavy (non-hydrogen) atoms. The normalized spacial score (nSPS) is 14.7. The summed E-state index contributed by atoms with van der Waals surface area (Å²) in [7, 11) is 0. The molecule has 402 valence electrons. The maximum absolute atomic E-state index is 13.8. The lowest BCUT2D eigenvalue weighted by Gasteiger charge is -2.26. The topological polar surface area (TPSA) is 448 Å². The summed E-state index contributed by atoms with van der Waals surface area (Å²) in [4.78, 5) is 161. The van der Waals surface area contributed by atoms with Gasteiger partial charge in [0.05, 0.1) is 12.4 Å². The van der Waals surface area contributed by atoms with E-state index in [2.05, 4.69) is 65.1 Å². The van der Waals surface area contributed by atoms with Gasteiger partial charge in [0.2, 0.25) is 59.1 Å².